The van der Waals surface area contributed by atoms with E-state index in [0.717, 1.165) is 25.7 Å². The van der Waals surface area contributed by atoms with E-state index in [9.17, 15) is 4.79 Å². The minimum atomic E-state index is 0.0572. The van der Waals surface area contributed by atoms with E-state index < -0.39 is 0 Å². The standard InChI is InChI=1S/C16H25NO3/c1-19-16-13-7-8-14(16)20-10-9-17(13)15(18)11-12-5-3-2-4-6-12/h5,13-14,16H,2-4,6-11H2,1H3. The van der Waals surface area contributed by atoms with Crippen LogP contribution in [0.5, 0.6) is 0 Å². The van der Waals surface area contributed by atoms with E-state index in [1.165, 1.54) is 18.4 Å². The summed E-state index contributed by atoms with van der Waals surface area (Å²) in [6.45, 7) is 1.36. The highest BCUT2D eigenvalue weighted by Crippen LogP contribution is 2.32. The summed E-state index contributed by atoms with van der Waals surface area (Å²) in [5.74, 6) is 0.261. The van der Waals surface area contributed by atoms with E-state index >= 15 is 0 Å². The average molecular weight is 279 g/mol. The van der Waals surface area contributed by atoms with E-state index in [0.29, 0.717) is 19.6 Å². The second-order valence-corrected chi connectivity index (χ2v) is 6.13. The summed E-state index contributed by atoms with van der Waals surface area (Å²) in [7, 11) is 1.73. The van der Waals surface area contributed by atoms with Crippen LogP contribution in [0.4, 0.5) is 0 Å². The summed E-state index contributed by atoms with van der Waals surface area (Å²) in [6.07, 6.45) is 9.84. The molecule has 1 heterocycles. The van der Waals surface area contributed by atoms with E-state index in [-0.39, 0.29) is 24.2 Å². The van der Waals surface area contributed by atoms with Crippen molar-refractivity contribution in [3.8, 4) is 0 Å². The Morgan fingerprint density at radius 3 is 3.10 bits per heavy atom. The number of hydrogen-bond donors (Lipinski definition) is 0. The van der Waals surface area contributed by atoms with Crippen LogP contribution in [-0.2, 0) is 14.3 Å². The molecule has 20 heavy (non-hydrogen) atoms. The zero-order chi connectivity index (χ0) is 13.9. The number of fused-ring (bicyclic) bond motifs is 2. The molecule has 0 aromatic heterocycles. The van der Waals surface area contributed by atoms with Crippen molar-refractivity contribution < 1.29 is 14.3 Å². The molecule has 3 unspecified atom stereocenters. The molecule has 4 nitrogen and oxygen atoms in total. The summed E-state index contributed by atoms with van der Waals surface area (Å²) in [5, 5.41) is 0. The third kappa shape index (κ3) is 2.77. The van der Waals surface area contributed by atoms with Crippen LogP contribution in [0.2, 0.25) is 0 Å². The SMILES string of the molecule is COC1C2CCC1N(C(=O)CC1=CCCCC1)CCO2. The molecule has 0 radical (unpaired) electrons. The van der Waals surface area contributed by atoms with Gasteiger partial charge in [-0.05, 0) is 38.5 Å². The Kier molecular flexibility index (Phi) is 4.41. The molecule has 3 rings (SSSR count). The van der Waals surface area contributed by atoms with Gasteiger partial charge in [-0.15, -0.1) is 0 Å². The lowest BCUT2D eigenvalue weighted by atomic mass is 9.96. The number of allylic oxidation sites excluding steroid dienone is 1. The van der Waals surface area contributed by atoms with Crippen LogP contribution in [-0.4, -0.2) is 49.3 Å². The second-order valence-electron chi connectivity index (χ2n) is 6.13. The Bertz CT molecular complexity index is 393. The van der Waals surface area contributed by atoms with Gasteiger partial charge in [-0.1, -0.05) is 11.6 Å². The number of hydrogen-bond acceptors (Lipinski definition) is 3. The predicted molar refractivity (Wildman–Crippen MR) is 76.4 cm³/mol. The first-order chi connectivity index (χ1) is 9.79. The summed E-state index contributed by atoms with van der Waals surface area (Å²) in [4.78, 5) is 14.7. The molecule has 2 fully saturated rings. The molecule has 3 aliphatic rings. The van der Waals surface area contributed by atoms with E-state index in [1.54, 1.807) is 7.11 Å². The largest absolute Gasteiger partial charge is 0.377 e. The quantitative estimate of drug-likeness (QED) is 0.744. The van der Waals surface area contributed by atoms with Crippen molar-refractivity contribution in [3.05, 3.63) is 11.6 Å². The van der Waals surface area contributed by atoms with Gasteiger partial charge in [-0.25, -0.2) is 0 Å². The van der Waals surface area contributed by atoms with Gasteiger partial charge < -0.3 is 14.4 Å². The number of ether oxygens (including phenoxy) is 2. The zero-order valence-corrected chi connectivity index (χ0v) is 12.3. The van der Waals surface area contributed by atoms with Crippen LogP contribution in [0, 0.1) is 0 Å². The van der Waals surface area contributed by atoms with E-state index in [1.807, 2.05) is 4.90 Å². The number of rotatable bonds is 3. The molecule has 112 valence electrons. The molecule has 1 amide bonds. The van der Waals surface area contributed by atoms with Crippen molar-refractivity contribution >= 4 is 5.91 Å². The van der Waals surface area contributed by atoms with Crippen molar-refractivity contribution in [2.45, 2.75) is 63.2 Å². The van der Waals surface area contributed by atoms with Crippen LogP contribution in [0.1, 0.15) is 44.9 Å². The molecule has 1 saturated heterocycles. The molecule has 0 N–H and O–H groups in total. The molecule has 2 bridgehead atoms. The topological polar surface area (TPSA) is 38.8 Å². The number of amides is 1. The van der Waals surface area contributed by atoms with Gasteiger partial charge in [0.05, 0.1) is 18.8 Å². The molecule has 0 spiro atoms. The zero-order valence-electron chi connectivity index (χ0n) is 12.3. The number of methoxy groups -OCH3 is 1. The predicted octanol–water partition coefficient (Wildman–Crippen LogP) is 2.28. The Hall–Kier alpha value is -0.870. The van der Waals surface area contributed by atoms with E-state index in [4.69, 9.17) is 9.47 Å². The smallest absolute Gasteiger partial charge is 0.227 e. The van der Waals surface area contributed by atoms with Gasteiger partial charge in [-0.2, -0.15) is 0 Å². The van der Waals surface area contributed by atoms with Crippen LogP contribution >= 0.6 is 0 Å². The van der Waals surface area contributed by atoms with Crippen molar-refractivity contribution in [3.63, 3.8) is 0 Å². The Labute approximate surface area is 121 Å². The maximum Gasteiger partial charge on any atom is 0.227 e. The molecular weight excluding hydrogens is 254 g/mol. The van der Waals surface area contributed by atoms with E-state index in [2.05, 4.69) is 6.08 Å². The Morgan fingerprint density at radius 1 is 1.45 bits per heavy atom. The fourth-order valence-corrected chi connectivity index (χ4v) is 3.87. The maximum absolute atomic E-state index is 12.6. The summed E-state index contributed by atoms with van der Waals surface area (Å²) in [5.41, 5.74) is 1.33. The molecule has 4 heteroatoms. The summed E-state index contributed by atoms with van der Waals surface area (Å²) in [6, 6.07) is 0.212. The first kappa shape index (κ1) is 14.1. The lowest BCUT2D eigenvalue weighted by molar-refractivity contribution is -0.134. The lowest BCUT2D eigenvalue weighted by Gasteiger charge is -2.31. The molecule has 1 aliphatic heterocycles. The third-order valence-electron chi connectivity index (χ3n) is 4.91. The minimum Gasteiger partial charge on any atom is -0.377 e. The highest BCUT2D eigenvalue weighted by Gasteiger charge is 2.44. The third-order valence-corrected chi connectivity index (χ3v) is 4.91. The van der Waals surface area contributed by atoms with Crippen LogP contribution in [0.25, 0.3) is 0 Å². The molecule has 2 aliphatic carbocycles. The second kappa shape index (κ2) is 6.27. The first-order valence-corrected chi connectivity index (χ1v) is 7.91. The van der Waals surface area contributed by atoms with Crippen molar-refractivity contribution in [2.24, 2.45) is 0 Å². The monoisotopic (exact) mass is 279 g/mol. The number of carbonyl (C=O) groups is 1. The highest BCUT2D eigenvalue weighted by molar-refractivity contribution is 5.79. The van der Waals surface area contributed by atoms with Gasteiger partial charge in [0.2, 0.25) is 5.91 Å². The van der Waals surface area contributed by atoms with Gasteiger partial charge in [0.25, 0.3) is 0 Å². The molecule has 0 aromatic rings. The highest BCUT2D eigenvalue weighted by atomic mass is 16.5. The Balaban J connectivity index is 1.68. The molecule has 1 saturated carbocycles. The molecule has 3 atom stereocenters. The van der Waals surface area contributed by atoms with Gasteiger partial charge in [0.15, 0.2) is 0 Å². The number of carbonyl (C=O) groups excluding carboxylic acids is 1. The minimum absolute atomic E-state index is 0.0572. The van der Waals surface area contributed by atoms with Crippen molar-refractivity contribution in [1.29, 1.82) is 0 Å². The van der Waals surface area contributed by atoms with Gasteiger partial charge >= 0.3 is 0 Å². The van der Waals surface area contributed by atoms with Crippen LogP contribution < -0.4 is 0 Å². The lowest BCUT2D eigenvalue weighted by Crippen LogP contribution is -2.46. The number of nitrogens with zero attached hydrogens (tertiary/aromatic N) is 1. The maximum atomic E-state index is 12.6. The van der Waals surface area contributed by atoms with Crippen LogP contribution in [0.15, 0.2) is 11.6 Å². The normalized spacial score (nSPS) is 33.8. The van der Waals surface area contributed by atoms with Crippen LogP contribution in [0.3, 0.4) is 0 Å². The fraction of sp³-hybridized carbons (Fsp3) is 0.812. The first-order valence-electron chi connectivity index (χ1n) is 7.91. The van der Waals surface area contributed by atoms with Crippen molar-refractivity contribution in [2.75, 3.05) is 20.3 Å². The molecular formula is C16H25NO3. The van der Waals surface area contributed by atoms with Gasteiger partial charge in [-0.3, -0.25) is 4.79 Å². The Morgan fingerprint density at radius 2 is 2.35 bits per heavy atom. The van der Waals surface area contributed by atoms with Gasteiger partial charge in [0.1, 0.15) is 6.10 Å². The average Bonchev–Trinajstić information content (AvgIpc) is 2.75. The fourth-order valence-electron chi connectivity index (χ4n) is 3.87. The molecule has 0 aromatic carbocycles. The van der Waals surface area contributed by atoms with Gasteiger partial charge in [0, 0.05) is 20.1 Å². The summed E-state index contributed by atoms with van der Waals surface area (Å²) >= 11 is 0. The van der Waals surface area contributed by atoms with Crippen molar-refractivity contribution in [1.82, 2.24) is 4.90 Å². The summed E-state index contributed by atoms with van der Waals surface area (Å²) < 4.78 is 11.4.